The molecule has 2 heterocycles. The first kappa shape index (κ1) is 21.5. The van der Waals surface area contributed by atoms with Crippen LogP contribution in [0.25, 0.3) is 0 Å². The normalized spacial score (nSPS) is 24.4. The maximum atomic E-state index is 5.93. The lowest BCUT2D eigenvalue weighted by Crippen LogP contribution is -2.52. The van der Waals surface area contributed by atoms with Gasteiger partial charge in [-0.15, -0.1) is 0 Å². The molecule has 152 valence electrons. The van der Waals surface area contributed by atoms with E-state index < -0.39 is 0 Å². The summed E-state index contributed by atoms with van der Waals surface area (Å²) in [4.78, 5) is 9.54. The summed E-state index contributed by atoms with van der Waals surface area (Å²) in [6, 6.07) is 0.573. The second kappa shape index (κ2) is 11.1. The SMILES string of the molecule is CN=C(NCC1CN(CC(C)C)CCO1)NCC(C(C)C)N1CCCC1. The number of likely N-dealkylation sites (tertiary alicyclic amines) is 1. The highest BCUT2D eigenvalue weighted by molar-refractivity contribution is 5.79. The molecule has 0 spiro atoms. The predicted octanol–water partition coefficient (Wildman–Crippen LogP) is 1.63. The molecule has 2 saturated heterocycles. The minimum atomic E-state index is 0.237. The average molecular weight is 368 g/mol. The van der Waals surface area contributed by atoms with Crippen molar-refractivity contribution in [3.8, 4) is 0 Å². The fourth-order valence-electron chi connectivity index (χ4n) is 4.08. The molecule has 0 saturated carbocycles. The number of ether oxygens (including phenoxy) is 1. The summed E-state index contributed by atoms with van der Waals surface area (Å²) >= 11 is 0. The molecule has 2 fully saturated rings. The summed E-state index contributed by atoms with van der Waals surface area (Å²) in [5, 5.41) is 7.01. The highest BCUT2D eigenvalue weighted by atomic mass is 16.5. The van der Waals surface area contributed by atoms with Crippen LogP contribution in [-0.2, 0) is 4.74 Å². The lowest BCUT2D eigenvalue weighted by Gasteiger charge is -2.34. The first-order valence-electron chi connectivity index (χ1n) is 10.5. The summed E-state index contributed by atoms with van der Waals surface area (Å²) in [5.74, 6) is 2.24. The lowest BCUT2D eigenvalue weighted by atomic mass is 10.0. The third-order valence-electron chi connectivity index (χ3n) is 5.42. The van der Waals surface area contributed by atoms with Gasteiger partial charge in [0.2, 0.25) is 0 Å². The van der Waals surface area contributed by atoms with E-state index in [0.717, 1.165) is 45.3 Å². The summed E-state index contributed by atoms with van der Waals surface area (Å²) < 4.78 is 5.93. The Labute approximate surface area is 160 Å². The Balaban J connectivity index is 1.74. The number of aliphatic imine (C=N–C) groups is 1. The minimum Gasteiger partial charge on any atom is -0.374 e. The molecule has 2 rings (SSSR count). The Bertz CT molecular complexity index is 420. The average Bonchev–Trinajstić information content (AvgIpc) is 3.11. The summed E-state index contributed by atoms with van der Waals surface area (Å²) in [7, 11) is 1.85. The van der Waals surface area contributed by atoms with Gasteiger partial charge in [0.05, 0.1) is 12.7 Å². The van der Waals surface area contributed by atoms with Gasteiger partial charge in [-0.3, -0.25) is 14.8 Å². The van der Waals surface area contributed by atoms with E-state index in [1.54, 1.807) is 0 Å². The van der Waals surface area contributed by atoms with Gasteiger partial charge >= 0.3 is 0 Å². The first-order valence-corrected chi connectivity index (χ1v) is 10.5. The van der Waals surface area contributed by atoms with Crippen LogP contribution in [-0.4, -0.2) is 87.4 Å². The third kappa shape index (κ3) is 7.05. The highest BCUT2D eigenvalue weighted by Crippen LogP contribution is 2.17. The standard InChI is InChI=1S/C20H41N5O/c1-16(2)14-24-10-11-26-18(15-24)12-22-20(21-5)23-13-19(17(3)4)25-8-6-7-9-25/h16-19H,6-15H2,1-5H3,(H2,21,22,23). The molecule has 26 heavy (non-hydrogen) atoms. The molecular weight excluding hydrogens is 326 g/mol. The van der Waals surface area contributed by atoms with Gasteiger partial charge in [-0.2, -0.15) is 0 Å². The van der Waals surface area contributed by atoms with Crippen molar-refractivity contribution in [2.75, 3.05) is 59.5 Å². The van der Waals surface area contributed by atoms with Crippen molar-refractivity contribution in [3.05, 3.63) is 0 Å². The molecule has 2 aliphatic heterocycles. The molecular formula is C20H41N5O. The fourth-order valence-corrected chi connectivity index (χ4v) is 4.08. The Morgan fingerprint density at radius 3 is 2.46 bits per heavy atom. The van der Waals surface area contributed by atoms with E-state index in [0.29, 0.717) is 17.9 Å². The van der Waals surface area contributed by atoms with E-state index in [1.165, 1.54) is 25.9 Å². The Morgan fingerprint density at radius 2 is 1.85 bits per heavy atom. The number of nitrogens with one attached hydrogen (secondary N) is 2. The van der Waals surface area contributed by atoms with Crippen molar-refractivity contribution in [2.24, 2.45) is 16.8 Å². The van der Waals surface area contributed by atoms with Crippen molar-refractivity contribution in [2.45, 2.75) is 52.7 Å². The topological polar surface area (TPSA) is 52.1 Å². The van der Waals surface area contributed by atoms with Gasteiger partial charge in [-0.1, -0.05) is 27.7 Å². The van der Waals surface area contributed by atoms with Crippen molar-refractivity contribution in [1.82, 2.24) is 20.4 Å². The third-order valence-corrected chi connectivity index (χ3v) is 5.42. The molecule has 2 unspecified atom stereocenters. The van der Waals surface area contributed by atoms with Gasteiger partial charge in [0, 0.05) is 45.8 Å². The molecule has 2 aliphatic rings. The molecule has 0 amide bonds. The van der Waals surface area contributed by atoms with Crippen LogP contribution in [0.15, 0.2) is 4.99 Å². The van der Waals surface area contributed by atoms with Crippen LogP contribution in [0.4, 0.5) is 0 Å². The van der Waals surface area contributed by atoms with Gasteiger partial charge in [-0.05, 0) is 37.8 Å². The molecule has 0 aromatic heterocycles. The van der Waals surface area contributed by atoms with Crippen LogP contribution in [0.3, 0.4) is 0 Å². The van der Waals surface area contributed by atoms with Gasteiger partial charge < -0.3 is 15.4 Å². The number of guanidine groups is 1. The molecule has 6 nitrogen and oxygen atoms in total. The molecule has 0 aromatic carbocycles. The highest BCUT2D eigenvalue weighted by Gasteiger charge is 2.25. The van der Waals surface area contributed by atoms with Crippen molar-refractivity contribution < 1.29 is 4.74 Å². The minimum absolute atomic E-state index is 0.237. The quantitative estimate of drug-likeness (QED) is 0.504. The zero-order chi connectivity index (χ0) is 18.9. The van der Waals surface area contributed by atoms with Gasteiger partial charge in [0.15, 0.2) is 5.96 Å². The smallest absolute Gasteiger partial charge is 0.191 e. The Kier molecular flexibility index (Phi) is 9.16. The molecule has 2 atom stereocenters. The van der Waals surface area contributed by atoms with E-state index in [-0.39, 0.29) is 6.10 Å². The monoisotopic (exact) mass is 367 g/mol. The van der Waals surface area contributed by atoms with Crippen molar-refractivity contribution >= 4 is 5.96 Å². The van der Waals surface area contributed by atoms with Crippen LogP contribution in [0, 0.1) is 11.8 Å². The van der Waals surface area contributed by atoms with E-state index in [4.69, 9.17) is 4.74 Å². The molecule has 0 bridgehead atoms. The zero-order valence-electron chi connectivity index (χ0n) is 17.6. The molecule has 6 heteroatoms. The van der Waals surface area contributed by atoms with Gasteiger partial charge in [-0.25, -0.2) is 0 Å². The van der Waals surface area contributed by atoms with Crippen LogP contribution >= 0.6 is 0 Å². The fraction of sp³-hybridized carbons (Fsp3) is 0.950. The maximum absolute atomic E-state index is 5.93. The van der Waals surface area contributed by atoms with E-state index in [1.807, 2.05) is 7.05 Å². The van der Waals surface area contributed by atoms with E-state index in [2.05, 4.69) is 53.1 Å². The van der Waals surface area contributed by atoms with Crippen LogP contribution in [0.2, 0.25) is 0 Å². The van der Waals surface area contributed by atoms with Crippen molar-refractivity contribution in [3.63, 3.8) is 0 Å². The summed E-state index contributed by atoms with van der Waals surface area (Å²) in [6.07, 6.45) is 2.91. The van der Waals surface area contributed by atoms with E-state index >= 15 is 0 Å². The molecule has 0 aliphatic carbocycles. The van der Waals surface area contributed by atoms with Gasteiger partial charge in [0.25, 0.3) is 0 Å². The number of nitrogens with zero attached hydrogens (tertiary/aromatic N) is 3. The molecule has 0 aromatic rings. The van der Waals surface area contributed by atoms with Gasteiger partial charge in [0.1, 0.15) is 0 Å². The number of morpholine rings is 1. The number of hydrogen-bond acceptors (Lipinski definition) is 4. The Morgan fingerprint density at radius 1 is 1.12 bits per heavy atom. The predicted molar refractivity (Wildman–Crippen MR) is 110 cm³/mol. The van der Waals surface area contributed by atoms with E-state index in [9.17, 15) is 0 Å². The van der Waals surface area contributed by atoms with Crippen LogP contribution < -0.4 is 10.6 Å². The molecule has 0 radical (unpaired) electrons. The van der Waals surface area contributed by atoms with Crippen LogP contribution in [0.1, 0.15) is 40.5 Å². The summed E-state index contributed by atoms with van der Waals surface area (Å²) in [5.41, 5.74) is 0. The molecule has 2 N–H and O–H groups in total. The zero-order valence-corrected chi connectivity index (χ0v) is 17.6. The van der Waals surface area contributed by atoms with Crippen LogP contribution in [0.5, 0.6) is 0 Å². The second-order valence-electron chi connectivity index (χ2n) is 8.53. The maximum Gasteiger partial charge on any atom is 0.191 e. The Hall–Kier alpha value is -0.850. The number of rotatable bonds is 8. The summed E-state index contributed by atoms with van der Waals surface area (Å²) in [6.45, 7) is 17.5. The van der Waals surface area contributed by atoms with Crippen molar-refractivity contribution in [1.29, 1.82) is 0 Å². The first-order chi connectivity index (χ1) is 12.5. The lowest BCUT2D eigenvalue weighted by molar-refractivity contribution is -0.0284. The largest absolute Gasteiger partial charge is 0.374 e. The number of hydrogen-bond donors (Lipinski definition) is 2. The second-order valence-corrected chi connectivity index (χ2v) is 8.53.